The molecule has 0 saturated carbocycles. The molecule has 0 heterocycles. The van der Waals surface area contributed by atoms with Crippen molar-refractivity contribution in [1.82, 2.24) is 0 Å². The van der Waals surface area contributed by atoms with Crippen LogP contribution in [0.5, 0.6) is 5.75 Å². The summed E-state index contributed by atoms with van der Waals surface area (Å²) in [6, 6.07) is 6.03. The van der Waals surface area contributed by atoms with Crippen LogP contribution in [0.4, 0.5) is 0 Å². The maximum absolute atomic E-state index is 10.00. The topological polar surface area (TPSA) is 80.9 Å². The van der Waals surface area contributed by atoms with Crippen LogP contribution < -0.4 is 4.18 Å². The summed E-state index contributed by atoms with van der Waals surface area (Å²) >= 11 is 3.02. The van der Waals surface area contributed by atoms with Gasteiger partial charge < -0.3 is 14.2 Å². The second-order valence-electron chi connectivity index (χ2n) is 1.74. The van der Waals surface area contributed by atoms with Gasteiger partial charge >= 0.3 is 0 Å². The Morgan fingerprint density at radius 2 is 1.83 bits per heavy atom. The molecule has 0 bridgehead atoms. The summed E-state index contributed by atoms with van der Waals surface area (Å²) in [6.45, 7) is 0. The van der Waals surface area contributed by atoms with Gasteiger partial charge in [0, 0.05) is 5.02 Å². The molecule has 1 unspecified atom stereocenters. The number of rotatable bonds is 2. The number of hydrogen-bond acceptors (Lipinski definition) is 3. The molecule has 6 heteroatoms. The van der Waals surface area contributed by atoms with Crippen LogP contribution in [0.1, 0.15) is 0 Å². The summed E-state index contributed by atoms with van der Waals surface area (Å²) in [6.07, 6.45) is 0. The van der Waals surface area contributed by atoms with Crippen LogP contribution in [0, 0.1) is 0 Å². The largest absolute Gasteiger partial charge is 0.740 e. The van der Waals surface area contributed by atoms with Gasteiger partial charge in [-0.25, -0.2) is 4.21 Å². The summed E-state index contributed by atoms with van der Waals surface area (Å²) in [5.41, 5.74) is 0. The predicted molar refractivity (Wildman–Crippen MR) is 44.6 cm³/mol. The van der Waals surface area contributed by atoms with E-state index >= 15 is 0 Å². The first-order chi connectivity index (χ1) is 5.18. The SMILES string of the molecule is O.O=S([O-])Oc1ccc(Cl)cc1. The Kier molecular flexibility index (Phi) is 4.84. The average molecular weight is 210 g/mol. The van der Waals surface area contributed by atoms with Crippen LogP contribution in [0.25, 0.3) is 0 Å². The molecule has 0 aromatic heterocycles. The standard InChI is InChI=1S/C6H5ClO3S.H2O/c7-5-1-3-6(4-2-5)10-11(8)9;/h1-4H,(H,8,9);1H2/p-1. The van der Waals surface area contributed by atoms with Gasteiger partial charge in [-0.2, -0.15) is 0 Å². The molecule has 0 fully saturated rings. The molecule has 2 N–H and O–H groups in total. The van der Waals surface area contributed by atoms with E-state index in [0.29, 0.717) is 5.02 Å². The van der Waals surface area contributed by atoms with Crippen LogP contribution in [-0.4, -0.2) is 14.2 Å². The third kappa shape index (κ3) is 3.68. The van der Waals surface area contributed by atoms with Crippen molar-refractivity contribution in [2.75, 3.05) is 0 Å². The Morgan fingerprint density at radius 3 is 2.25 bits per heavy atom. The van der Waals surface area contributed by atoms with E-state index in [-0.39, 0.29) is 11.2 Å². The van der Waals surface area contributed by atoms with Gasteiger partial charge in [-0.3, -0.25) is 0 Å². The Hall–Kier alpha value is -0.620. The molecule has 1 rings (SSSR count). The average Bonchev–Trinajstić information content (AvgIpc) is 1.93. The second kappa shape index (κ2) is 5.10. The molecule has 0 spiro atoms. The van der Waals surface area contributed by atoms with E-state index in [0.717, 1.165) is 0 Å². The van der Waals surface area contributed by atoms with E-state index in [1.807, 2.05) is 0 Å². The molecular formula is C6H6ClO4S-. The summed E-state index contributed by atoms with van der Waals surface area (Å²) < 4.78 is 24.3. The predicted octanol–water partition coefficient (Wildman–Crippen LogP) is 0.688. The molecule has 0 saturated heterocycles. The molecule has 0 amide bonds. The normalized spacial score (nSPS) is 11.5. The first-order valence-corrected chi connectivity index (χ1v) is 4.09. The van der Waals surface area contributed by atoms with Crippen LogP contribution in [0.3, 0.4) is 0 Å². The van der Waals surface area contributed by atoms with Crippen molar-refractivity contribution in [1.29, 1.82) is 0 Å². The Bertz CT molecular complexity index is 261. The molecule has 0 aliphatic rings. The Labute approximate surface area is 76.9 Å². The van der Waals surface area contributed by atoms with Gasteiger partial charge in [-0.15, -0.1) is 0 Å². The van der Waals surface area contributed by atoms with Gasteiger partial charge in [-0.05, 0) is 24.3 Å². The lowest BCUT2D eigenvalue weighted by atomic mass is 10.3. The van der Waals surface area contributed by atoms with Crippen LogP contribution in [-0.2, 0) is 11.4 Å². The fourth-order valence-corrected chi connectivity index (χ4v) is 0.963. The maximum Gasteiger partial charge on any atom is 0.139 e. The third-order valence-electron chi connectivity index (χ3n) is 0.978. The van der Waals surface area contributed by atoms with E-state index in [1.54, 1.807) is 12.1 Å². The lowest BCUT2D eigenvalue weighted by Gasteiger charge is -2.05. The second-order valence-corrected chi connectivity index (χ2v) is 2.75. The molecule has 1 aromatic carbocycles. The minimum absolute atomic E-state index is 0. The van der Waals surface area contributed by atoms with E-state index in [4.69, 9.17) is 11.6 Å². The number of halogens is 1. The number of hydrogen-bond donors (Lipinski definition) is 0. The molecule has 1 aromatic rings. The van der Waals surface area contributed by atoms with Gasteiger partial charge in [0.1, 0.15) is 17.1 Å². The zero-order chi connectivity index (χ0) is 8.27. The molecule has 12 heavy (non-hydrogen) atoms. The minimum atomic E-state index is -2.52. The quantitative estimate of drug-likeness (QED) is 0.672. The van der Waals surface area contributed by atoms with Crippen molar-refractivity contribution in [3.05, 3.63) is 29.3 Å². The van der Waals surface area contributed by atoms with Gasteiger partial charge in [0.25, 0.3) is 0 Å². The van der Waals surface area contributed by atoms with Crippen LogP contribution in [0.2, 0.25) is 5.02 Å². The third-order valence-corrected chi connectivity index (χ3v) is 1.56. The molecule has 0 aliphatic carbocycles. The van der Waals surface area contributed by atoms with Crippen molar-refractivity contribution < 1.29 is 18.4 Å². The van der Waals surface area contributed by atoms with E-state index < -0.39 is 11.4 Å². The zero-order valence-electron chi connectivity index (χ0n) is 5.82. The molecule has 0 radical (unpaired) electrons. The van der Waals surface area contributed by atoms with Crippen molar-refractivity contribution in [3.8, 4) is 5.75 Å². The lowest BCUT2D eigenvalue weighted by Crippen LogP contribution is -1.96. The van der Waals surface area contributed by atoms with Gasteiger partial charge in [0.15, 0.2) is 0 Å². The highest BCUT2D eigenvalue weighted by Crippen LogP contribution is 2.15. The fourth-order valence-electron chi connectivity index (χ4n) is 0.569. The van der Waals surface area contributed by atoms with Crippen molar-refractivity contribution in [2.45, 2.75) is 0 Å². The first kappa shape index (κ1) is 11.4. The molecular weight excluding hydrogens is 204 g/mol. The minimum Gasteiger partial charge on any atom is -0.740 e. The van der Waals surface area contributed by atoms with E-state index in [1.165, 1.54) is 12.1 Å². The highest BCUT2D eigenvalue weighted by Gasteiger charge is 1.91. The fraction of sp³-hybridized carbons (Fsp3) is 0. The van der Waals surface area contributed by atoms with Gasteiger partial charge in [0.05, 0.1) is 0 Å². The van der Waals surface area contributed by atoms with Crippen molar-refractivity contribution in [2.24, 2.45) is 0 Å². The Balaban J connectivity index is 0.00000121. The summed E-state index contributed by atoms with van der Waals surface area (Å²) in [7, 11) is 0. The molecule has 1 atom stereocenters. The number of benzene rings is 1. The lowest BCUT2D eigenvalue weighted by molar-refractivity contribution is 0.440. The molecule has 4 nitrogen and oxygen atoms in total. The van der Waals surface area contributed by atoms with Gasteiger partial charge in [0.2, 0.25) is 0 Å². The van der Waals surface area contributed by atoms with E-state index in [9.17, 15) is 8.76 Å². The first-order valence-electron chi connectivity index (χ1n) is 2.71. The smallest absolute Gasteiger partial charge is 0.139 e. The monoisotopic (exact) mass is 209 g/mol. The maximum atomic E-state index is 10.00. The summed E-state index contributed by atoms with van der Waals surface area (Å²) in [4.78, 5) is 0. The highest BCUT2D eigenvalue weighted by atomic mass is 35.5. The Morgan fingerprint density at radius 1 is 1.33 bits per heavy atom. The van der Waals surface area contributed by atoms with E-state index in [2.05, 4.69) is 4.18 Å². The van der Waals surface area contributed by atoms with Crippen molar-refractivity contribution in [3.63, 3.8) is 0 Å². The van der Waals surface area contributed by atoms with Crippen LogP contribution in [0.15, 0.2) is 24.3 Å². The van der Waals surface area contributed by atoms with Crippen molar-refractivity contribution >= 4 is 23.0 Å². The summed E-state index contributed by atoms with van der Waals surface area (Å²) in [5, 5.41) is 0.536. The molecule has 68 valence electrons. The highest BCUT2D eigenvalue weighted by molar-refractivity contribution is 7.74. The molecule has 0 aliphatic heterocycles. The van der Waals surface area contributed by atoms with Crippen LogP contribution >= 0.6 is 11.6 Å². The van der Waals surface area contributed by atoms with Gasteiger partial charge in [-0.1, -0.05) is 11.6 Å². The zero-order valence-corrected chi connectivity index (χ0v) is 7.39. The summed E-state index contributed by atoms with van der Waals surface area (Å²) in [5.74, 6) is 0.253.